The zero-order valence-corrected chi connectivity index (χ0v) is 13.0. The topological polar surface area (TPSA) is 114 Å². The van der Waals surface area contributed by atoms with E-state index < -0.39 is 28.9 Å². The first-order valence-electron chi connectivity index (χ1n) is 7.09. The van der Waals surface area contributed by atoms with E-state index in [1.54, 1.807) is 6.07 Å². The van der Waals surface area contributed by atoms with Crippen LogP contribution >= 0.6 is 0 Å². The quantitative estimate of drug-likeness (QED) is 0.348. The van der Waals surface area contributed by atoms with Gasteiger partial charge in [0.2, 0.25) is 0 Å². The van der Waals surface area contributed by atoms with Crippen LogP contribution in [0.2, 0.25) is 0 Å². The van der Waals surface area contributed by atoms with Crippen molar-refractivity contribution in [2.24, 2.45) is 0 Å². The number of nitro benzene ring substituents is 1. The number of nitrogens with one attached hydrogen (secondary N) is 1. The Labute approximate surface area is 140 Å². The Kier molecular flexibility index (Phi) is 5.49. The van der Waals surface area contributed by atoms with Crippen LogP contribution in [0.15, 0.2) is 17.7 Å². The number of carbonyl (C=O) groups is 1. The number of hydrogen-bond donors (Lipinski definition) is 1. The molecule has 1 aliphatic carbocycles. The maximum absolute atomic E-state index is 12.4. The number of nitriles is 1. The predicted molar refractivity (Wildman–Crippen MR) is 81.0 cm³/mol. The number of nitrogens with zero attached hydrogens (tertiary/aromatic N) is 2. The van der Waals surface area contributed by atoms with Gasteiger partial charge in [0, 0.05) is 6.04 Å². The minimum atomic E-state index is -3.20. The molecule has 0 atom stereocenters. The van der Waals surface area contributed by atoms with Crippen molar-refractivity contribution in [2.75, 3.05) is 7.11 Å². The van der Waals surface area contributed by atoms with Gasteiger partial charge < -0.3 is 14.8 Å². The van der Waals surface area contributed by atoms with Crippen LogP contribution in [0, 0.1) is 21.4 Å². The number of halogens is 2. The van der Waals surface area contributed by atoms with Gasteiger partial charge in [-0.25, -0.2) is 0 Å². The lowest BCUT2D eigenvalue weighted by Crippen LogP contribution is -2.26. The van der Waals surface area contributed by atoms with Crippen molar-refractivity contribution in [2.45, 2.75) is 25.5 Å². The second-order valence-corrected chi connectivity index (χ2v) is 5.12. The molecule has 0 heterocycles. The summed E-state index contributed by atoms with van der Waals surface area (Å²) in [5.41, 5.74) is -1.10. The van der Waals surface area contributed by atoms with E-state index in [1.165, 1.54) is 0 Å². The fraction of sp³-hybridized carbons (Fsp3) is 0.333. The van der Waals surface area contributed by atoms with Crippen molar-refractivity contribution in [3.8, 4) is 17.6 Å². The van der Waals surface area contributed by atoms with E-state index in [9.17, 15) is 23.7 Å². The van der Waals surface area contributed by atoms with Gasteiger partial charge in [0.15, 0.2) is 11.5 Å². The number of benzene rings is 1. The molecule has 0 aliphatic heterocycles. The summed E-state index contributed by atoms with van der Waals surface area (Å²) in [6.45, 7) is -3.20. The lowest BCUT2D eigenvalue weighted by atomic mass is 10.1. The molecule has 1 aromatic carbocycles. The highest BCUT2D eigenvalue weighted by molar-refractivity contribution is 6.02. The average molecular weight is 353 g/mol. The predicted octanol–water partition coefficient (Wildman–Crippen LogP) is 2.39. The lowest BCUT2D eigenvalue weighted by molar-refractivity contribution is -0.385. The molecule has 2 rings (SSSR count). The molecule has 0 unspecified atom stereocenters. The van der Waals surface area contributed by atoms with Gasteiger partial charge in [0.1, 0.15) is 11.6 Å². The van der Waals surface area contributed by atoms with Gasteiger partial charge in [-0.1, -0.05) is 0 Å². The van der Waals surface area contributed by atoms with Crippen molar-refractivity contribution in [1.82, 2.24) is 5.32 Å². The summed E-state index contributed by atoms with van der Waals surface area (Å²) in [5.74, 6) is -1.38. The van der Waals surface area contributed by atoms with Crippen LogP contribution in [-0.2, 0) is 4.79 Å². The number of methoxy groups -OCH3 is 1. The first kappa shape index (κ1) is 18.1. The summed E-state index contributed by atoms with van der Waals surface area (Å²) >= 11 is 0. The van der Waals surface area contributed by atoms with Gasteiger partial charge >= 0.3 is 6.61 Å². The molecule has 1 saturated carbocycles. The zero-order chi connectivity index (χ0) is 18.6. The summed E-state index contributed by atoms with van der Waals surface area (Å²) < 4.78 is 33.9. The number of alkyl halides is 2. The van der Waals surface area contributed by atoms with E-state index in [4.69, 9.17) is 10.00 Å². The molecule has 0 bridgehead atoms. The highest BCUT2D eigenvalue weighted by Gasteiger charge is 2.26. The van der Waals surface area contributed by atoms with Crippen LogP contribution in [-0.4, -0.2) is 30.6 Å². The van der Waals surface area contributed by atoms with Gasteiger partial charge in [-0.2, -0.15) is 14.0 Å². The standard InChI is InChI=1S/C15H13F2N3O5/c1-24-12-5-8(4-9(7-18)14(21)19-10-2-3-10)11(20(22)23)6-13(12)25-15(16)17/h4-6,10,15H,2-3H2,1H3,(H,19,21)/b9-4+. The van der Waals surface area contributed by atoms with Crippen molar-refractivity contribution in [3.63, 3.8) is 0 Å². The second-order valence-electron chi connectivity index (χ2n) is 5.12. The summed E-state index contributed by atoms with van der Waals surface area (Å²) in [5, 5.41) is 22.9. The Bertz CT molecular complexity index is 769. The van der Waals surface area contributed by atoms with Crippen LogP contribution in [0.1, 0.15) is 18.4 Å². The number of rotatable bonds is 7. The van der Waals surface area contributed by atoms with Crippen LogP contribution < -0.4 is 14.8 Å². The third-order valence-corrected chi connectivity index (χ3v) is 3.30. The first-order chi connectivity index (χ1) is 11.8. The second kappa shape index (κ2) is 7.57. The van der Waals surface area contributed by atoms with Crippen molar-refractivity contribution < 1.29 is 28.0 Å². The molecular weight excluding hydrogens is 340 g/mol. The molecule has 10 heteroatoms. The molecule has 25 heavy (non-hydrogen) atoms. The fourth-order valence-electron chi connectivity index (χ4n) is 1.98. The van der Waals surface area contributed by atoms with Gasteiger partial charge in [-0.05, 0) is 25.0 Å². The van der Waals surface area contributed by atoms with E-state index in [1.807, 2.05) is 0 Å². The molecule has 132 valence electrons. The van der Waals surface area contributed by atoms with Crippen LogP contribution in [0.3, 0.4) is 0 Å². The monoisotopic (exact) mass is 353 g/mol. The Morgan fingerprint density at radius 1 is 1.48 bits per heavy atom. The average Bonchev–Trinajstić information content (AvgIpc) is 3.36. The minimum Gasteiger partial charge on any atom is -0.493 e. The number of amides is 1. The summed E-state index contributed by atoms with van der Waals surface area (Å²) in [4.78, 5) is 22.3. The number of carbonyl (C=O) groups excluding carboxylic acids is 1. The molecule has 0 radical (unpaired) electrons. The van der Waals surface area contributed by atoms with Gasteiger partial charge in [-0.15, -0.1) is 0 Å². The fourth-order valence-corrected chi connectivity index (χ4v) is 1.98. The van der Waals surface area contributed by atoms with E-state index >= 15 is 0 Å². The lowest BCUT2D eigenvalue weighted by Gasteiger charge is -2.11. The van der Waals surface area contributed by atoms with Gasteiger partial charge in [-0.3, -0.25) is 14.9 Å². The van der Waals surface area contributed by atoms with Crippen molar-refractivity contribution >= 4 is 17.7 Å². The third kappa shape index (κ3) is 4.63. The summed E-state index contributed by atoms with van der Waals surface area (Å²) in [6.07, 6.45) is 2.61. The molecule has 1 fully saturated rings. The first-order valence-corrected chi connectivity index (χ1v) is 7.09. The highest BCUT2D eigenvalue weighted by atomic mass is 19.3. The normalized spacial score (nSPS) is 14.0. The molecule has 0 aromatic heterocycles. The zero-order valence-electron chi connectivity index (χ0n) is 13.0. The molecule has 1 N–H and O–H groups in total. The number of hydrogen-bond acceptors (Lipinski definition) is 6. The maximum Gasteiger partial charge on any atom is 0.387 e. The molecule has 1 aromatic rings. The molecule has 1 amide bonds. The van der Waals surface area contributed by atoms with E-state index in [2.05, 4.69) is 10.1 Å². The molecule has 0 spiro atoms. The highest BCUT2D eigenvalue weighted by Crippen LogP contribution is 2.36. The van der Waals surface area contributed by atoms with E-state index in [-0.39, 0.29) is 22.9 Å². The van der Waals surface area contributed by atoms with E-state index in [0.717, 1.165) is 38.2 Å². The maximum atomic E-state index is 12.4. The van der Waals surface area contributed by atoms with E-state index in [0.29, 0.717) is 0 Å². The van der Waals surface area contributed by atoms with Gasteiger partial charge in [0.25, 0.3) is 11.6 Å². The number of nitro groups is 1. The Morgan fingerprint density at radius 2 is 2.16 bits per heavy atom. The Morgan fingerprint density at radius 3 is 2.64 bits per heavy atom. The third-order valence-electron chi connectivity index (χ3n) is 3.30. The van der Waals surface area contributed by atoms with Crippen LogP contribution in [0.5, 0.6) is 11.5 Å². The molecule has 1 aliphatic rings. The summed E-state index contributed by atoms with van der Waals surface area (Å²) in [7, 11) is 1.16. The van der Waals surface area contributed by atoms with Crippen molar-refractivity contribution in [1.29, 1.82) is 5.26 Å². The van der Waals surface area contributed by atoms with Crippen molar-refractivity contribution in [3.05, 3.63) is 33.4 Å². The number of ether oxygens (including phenoxy) is 2. The SMILES string of the molecule is COc1cc(/C=C(\C#N)C(=O)NC2CC2)c([N+](=O)[O-])cc1OC(F)F. The Hall–Kier alpha value is -3.22. The van der Waals surface area contributed by atoms with Crippen LogP contribution in [0.25, 0.3) is 6.08 Å². The largest absolute Gasteiger partial charge is 0.493 e. The molecule has 0 saturated heterocycles. The van der Waals surface area contributed by atoms with Crippen LogP contribution in [0.4, 0.5) is 14.5 Å². The smallest absolute Gasteiger partial charge is 0.387 e. The molecular formula is C15H13F2N3O5. The Balaban J connectivity index is 2.46. The minimum absolute atomic E-state index is 0.00408. The summed E-state index contributed by atoms with van der Waals surface area (Å²) in [6, 6.07) is 3.47. The van der Waals surface area contributed by atoms with Gasteiger partial charge in [0.05, 0.1) is 23.7 Å². The molecule has 8 nitrogen and oxygen atoms in total.